The molecule has 2 aromatic rings. The first kappa shape index (κ1) is 20.1. The van der Waals surface area contributed by atoms with E-state index in [1.54, 1.807) is 24.3 Å². The molecule has 26 heavy (non-hydrogen) atoms. The van der Waals surface area contributed by atoms with E-state index < -0.39 is 36.2 Å². The van der Waals surface area contributed by atoms with E-state index in [4.69, 9.17) is 17.3 Å². The number of aliphatic hydroxyl groups is 1. The zero-order valence-corrected chi connectivity index (χ0v) is 14.3. The summed E-state index contributed by atoms with van der Waals surface area (Å²) in [5, 5.41) is 19.2. The standard InChI is InChI=1S/C18H17ClF3NO3/c19-15-4-2-1-3-12(15)13(14(9-24)17(25)26)8-10-7-11(18(20,21)22)5-6-16(10)23/h1-7,13-14,24H,8-9,23H2,(H,25,26). The van der Waals surface area contributed by atoms with E-state index in [9.17, 15) is 28.2 Å². The lowest BCUT2D eigenvalue weighted by molar-refractivity contribution is -0.144. The van der Waals surface area contributed by atoms with E-state index in [0.717, 1.165) is 18.2 Å². The van der Waals surface area contributed by atoms with E-state index >= 15 is 0 Å². The first-order chi connectivity index (χ1) is 12.1. The highest BCUT2D eigenvalue weighted by Crippen LogP contribution is 2.37. The van der Waals surface area contributed by atoms with Crippen molar-refractivity contribution in [2.24, 2.45) is 5.92 Å². The molecule has 0 aliphatic rings. The number of hydrogen-bond donors (Lipinski definition) is 3. The monoisotopic (exact) mass is 387 g/mol. The predicted molar refractivity (Wildman–Crippen MR) is 92.0 cm³/mol. The molecule has 0 aliphatic heterocycles. The molecule has 2 aromatic carbocycles. The Balaban J connectivity index is 2.51. The Morgan fingerprint density at radius 1 is 1.19 bits per heavy atom. The third kappa shape index (κ3) is 4.47. The molecule has 0 radical (unpaired) electrons. The van der Waals surface area contributed by atoms with Gasteiger partial charge < -0.3 is 15.9 Å². The summed E-state index contributed by atoms with van der Waals surface area (Å²) in [6.07, 6.45) is -4.66. The minimum atomic E-state index is -4.55. The van der Waals surface area contributed by atoms with Crippen molar-refractivity contribution in [3.8, 4) is 0 Å². The topological polar surface area (TPSA) is 83.5 Å². The molecule has 0 heterocycles. The maximum absolute atomic E-state index is 13.0. The third-order valence-corrected chi connectivity index (χ3v) is 4.56. The molecule has 0 bridgehead atoms. The van der Waals surface area contributed by atoms with Crippen LogP contribution in [0, 0.1) is 5.92 Å². The van der Waals surface area contributed by atoms with Crippen LogP contribution in [-0.4, -0.2) is 22.8 Å². The number of benzene rings is 2. The number of halogens is 4. The molecule has 2 unspecified atom stereocenters. The van der Waals surface area contributed by atoms with Crippen LogP contribution < -0.4 is 5.73 Å². The Hall–Kier alpha value is -2.25. The van der Waals surface area contributed by atoms with Crippen LogP contribution in [0.5, 0.6) is 0 Å². The molecule has 0 aliphatic carbocycles. The number of rotatable bonds is 6. The summed E-state index contributed by atoms with van der Waals surface area (Å²) in [5.41, 5.74) is 5.60. The van der Waals surface area contributed by atoms with Gasteiger partial charge in [-0.25, -0.2) is 0 Å². The minimum Gasteiger partial charge on any atom is -0.481 e. The average molecular weight is 388 g/mol. The van der Waals surface area contributed by atoms with Gasteiger partial charge in [0.15, 0.2) is 0 Å². The van der Waals surface area contributed by atoms with Gasteiger partial charge in [0.2, 0.25) is 0 Å². The van der Waals surface area contributed by atoms with Crippen LogP contribution in [0.25, 0.3) is 0 Å². The number of aliphatic hydroxyl groups excluding tert-OH is 1. The van der Waals surface area contributed by atoms with Gasteiger partial charge in [0.1, 0.15) is 0 Å². The third-order valence-electron chi connectivity index (χ3n) is 4.21. The van der Waals surface area contributed by atoms with Crippen molar-refractivity contribution in [1.29, 1.82) is 0 Å². The van der Waals surface area contributed by atoms with Crippen LogP contribution in [-0.2, 0) is 17.4 Å². The minimum absolute atomic E-state index is 0.108. The fourth-order valence-corrected chi connectivity index (χ4v) is 3.09. The zero-order valence-electron chi connectivity index (χ0n) is 13.5. The van der Waals surface area contributed by atoms with E-state index in [1.807, 2.05) is 0 Å². The van der Waals surface area contributed by atoms with Crippen molar-refractivity contribution >= 4 is 23.3 Å². The Morgan fingerprint density at radius 2 is 1.85 bits per heavy atom. The van der Waals surface area contributed by atoms with Crippen LogP contribution in [0.15, 0.2) is 42.5 Å². The molecular formula is C18H17ClF3NO3. The molecule has 0 saturated carbocycles. The molecule has 0 spiro atoms. The van der Waals surface area contributed by atoms with Crippen molar-refractivity contribution < 1.29 is 28.2 Å². The molecule has 0 amide bonds. The zero-order chi connectivity index (χ0) is 19.5. The average Bonchev–Trinajstić information content (AvgIpc) is 2.55. The number of hydrogen-bond acceptors (Lipinski definition) is 3. The highest BCUT2D eigenvalue weighted by Gasteiger charge is 2.33. The summed E-state index contributed by atoms with van der Waals surface area (Å²) in [6.45, 7) is -0.690. The van der Waals surface area contributed by atoms with Gasteiger partial charge in [-0.3, -0.25) is 4.79 Å². The first-order valence-electron chi connectivity index (χ1n) is 7.68. The SMILES string of the molecule is Nc1ccc(C(F)(F)F)cc1CC(c1ccccc1Cl)C(CO)C(=O)O. The van der Waals surface area contributed by atoms with E-state index in [0.29, 0.717) is 5.56 Å². The van der Waals surface area contributed by atoms with Gasteiger partial charge in [-0.1, -0.05) is 29.8 Å². The lowest BCUT2D eigenvalue weighted by Crippen LogP contribution is -2.27. The van der Waals surface area contributed by atoms with Crippen molar-refractivity contribution in [1.82, 2.24) is 0 Å². The predicted octanol–water partition coefficient (Wildman–Crippen LogP) is 3.96. The number of alkyl halides is 3. The molecule has 140 valence electrons. The summed E-state index contributed by atoms with van der Waals surface area (Å²) in [6, 6.07) is 9.32. The van der Waals surface area contributed by atoms with E-state index in [2.05, 4.69) is 0 Å². The molecule has 4 N–H and O–H groups in total. The number of nitrogen functional groups attached to an aromatic ring is 1. The fourth-order valence-electron chi connectivity index (χ4n) is 2.82. The van der Waals surface area contributed by atoms with Crippen LogP contribution >= 0.6 is 11.6 Å². The number of carboxylic acid groups (broad SMARTS) is 1. The van der Waals surface area contributed by atoms with Crippen molar-refractivity contribution in [3.05, 3.63) is 64.2 Å². The highest BCUT2D eigenvalue weighted by atomic mass is 35.5. The Labute approximate surface area is 153 Å². The highest BCUT2D eigenvalue weighted by molar-refractivity contribution is 6.31. The van der Waals surface area contributed by atoms with Gasteiger partial charge in [0.05, 0.1) is 18.1 Å². The number of carboxylic acids is 1. The molecule has 0 fully saturated rings. The van der Waals surface area contributed by atoms with Crippen LogP contribution in [0.2, 0.25) is 5.02 Å². The summed E-state index contributed by atoms with van der Waals surface area (Å²) < 4.78 is 38.9. The molecule has 4 nitrogen and oxygen atoms in total. The molecule has 2 rings (SSSR count). The lowest BCUT2D eigenvalue weighted by Gasteiger charge is -2.25. The maximum Gasteiger partial charge on any atom is 0.416 e. The largest absolute Gasteiger partial charge is 0.481 e. The van der Waals surface area contributed by atoms with Gasteiger partial charge in [0.25, 0.3) is 0 Å². The van der Waals surface area contributed by atoms with Gasteiger partial charge in [0, 0.05) is 16.6 Å². The van der Waals surface area contributed by atoms with E-state index in [1.165, 1.54) is 0 Å². The van der Waals surface area contributed by atoms with Gasteiger partial charge in [-0.05, 0) is 41.8 Å². The van der Waals surface area contributed by atoms with Gasteiger partial charge in [-0.2, -0.15) is 13.2 Å². The fraction of sp³-hybridized carbons (Fsp3) is 0.278. The normalized spacial score (nSPS) is 14.0. The molecule has 2 atom stereocenters. The number of carbonyl (C=O) groups is 1. The lowest BCUT2D eigenvalue weighted by atomic mass is 9.81. The van der Waals surface area contributed by atoms with Crippen LogP contribution in [0.3, 0.4) is 0 Å². The summed E-state index contributed by atoms with van der Waals surface area (Å²) in [7, 11) is 0. The molecular weight excluding hydrogens is 371 g/mol. The number of aliphatic carboxylic acids is 1. The van der Waals surface area contributed by atoms with Gasteiger partial charge in [-0.15, -0.1) is 0 Å². The first-order valence-corrected chi connectivity index (χ1v) is 8.06. The number of anilines is 1. The quantitative estimate of drug-likeness (QED) is 0.655. The second-order valence-electron chi connectivity index (χ2n) is 5.87. The van der Waals surface area contributed by atoms with Crippen molar-refractivity contribution in [3.63, 3.8) is 0 Å². The summed E-state index contributed by atoms with van der Waals surface area (Å²) in [4.78, 5) is 11.5. The second-order valence-corrected chi connectivity index (χ2v) is 6.28. The van der Waals surface area contributed by atoms with Gasteiger partial charge >= 0.3 is 12.1 Å². The molecule has 0 aromatic heterocycles. The smallest absolute Gasteiger partial charge is 0.416 e. The van der Waals surface area contributed by atoms with E-state index in [-0.39, 0.29) is 22.7 Å². The second kappa shape index (κ2) is 7.97. The van der Waals surface area contributed by atoms with Crippen molar-refractivity contribution in [2.45, 2.75) is 18.5 Å². The van der Waals surface area contributed by atoms with Crippen LogP contribution in [0.4, 0.5) is 18.9 Å². The molecule has 0 saturated heterocycles. The van der Waals surface area contributed by atoms with Crippen molar-refractivity contribution in [2.75, 3.05) is 12.3 Å². The Morgan fingerprint density at radius 3 is 2.38 bits per heavy atom. The maximum atomic E-state index is 13.0. The Bertz CT molecular complexity index is 795. The Kier molecular flexibility index (Phi) is 6.15. The number of nitrogens with two attached hydrogens (primary N) is 1. The molecule has 8 heteroatoms. The summed E-state index contributed by atoms with van der Waals surface area (Å²) >= 11 is 6.15. The van der Waals surface area contributed by atoms with Crippen LogP contribution in [0.1, 0.15) is 22.6 Å². The summed E-state index contributed by atoms with van der Waals surface area (Å²) in [5.74, 6) is -3.37.